The molecule has 0 fully saturated rings. The van der Waals surface area contributed by atoms with Crippen molar-refractivity contribution in [3.63, 3.8) is 0 Å². The number of ether oxygens (including phenoxy) is 1. The second-order valence-electron chi connectivity index (χ2n) is 8.52. The fourth-order valence-electron chi connectivity index (χ4n) is 3.95. The Bertz CT molecular complexity index is 755. The molecule has 1 aromatic heterocycles. The molecule has 2 aromatic rings. The lowest BCUT2D eigenvalue weighted by Gasteiger charge is -2.35. The number of aromatic nitrogens is 1. The molecule has 0 bridgehead atoms. The van der Waals surface area contributed by atoms with Gasteiger partial charge in [-0.2, -0.15) is 0 Å². The van der Waals surface area contributed by atoms with E-state index in [1.54, 1.807) is 0 Å². The summed E-state index contributed by atoms with van der Waals surface area (Å²) < 4.78 is 7.90. The molecule has 1 amide bonds. The van der Waals surface area contributed by atoms with Crippen molar-refractivity contribution in [2.24, 2.45) is 11.8 Å². The van der Waals surface area contributed by atoms with Crippen LogP contribution in [-0.2, 0) is 17.7 Å². The van der Waals surface area contributed by atoms with Gasteiger partial charge in [-0.05, 0) is 63.0 Å². The van der Waals surface area contributed by atoms with Crippen molar-refractivity contribution in [2.45, 2.75) is 65.6 Å². The average molecular weight is 342 g/mol. The van der Waals surface area contributed by atoms with Gasteiger partial charge >= 0.3 is 6.09 Å². The number of carbonyl (C=O) groups excluding carboxylic acids is 1. The minimum atomic E-state index is -0.468. The van der Waals surface area contributed by atoms with Crippen molar-refractivity contribution in [1.82, 2.24) is 9.88 Å². The fraction of sp³-hybridized carbons (Fsp3) is 0.571. The third-order valence-corrected chi connectivity index (χ3v) is 5.00. The number of amides is 1. The summed E-state index contributed by atoms with van der Waals surface area (Å²) in [5.41, 5.74) is 2.22. The zero-order valence-corrected chi connectivity index (χ0v) is 16.0. The monoisotopic (exact) mass is 342 g/mol. The number of alkyl carbamates (subject to hydrolysis) is 1. The molecule has 1 N–H and O–H groups in total. The Morgan fingerprint density at radius 2 is 2.00 bits per heavy atom. The molecule has 0 saturated carbocycles. The van der Waals surface area contributed by atoms with Crippen molar-refractivity contribution in [3.8, 4) is 0 Å². The molecule has 0 radical (unpaired) electrons. The first-order valence-electron chi connectivity index (χ1n) is 9.31. The SMILES string of the molecule is CC(C)[C@H](NC(=O)OC(C)(C)C)[C@H]1CCn2c(cc3ccccc32)C1. The third-order valence-electron chi connectivity index (χ3n) is 5.00. The average Bonchev–Trinajstić information content (AvgIpc) is 2.88. The van der Waals surface area contributed by atoms with Crippen LogP contribution in [0.5, 0.6) is 0 Å². The molecule has 0 unspecified atom stereocenters. The van der Waals surface area contributed by atoms with E-state index in [0.29, 0.717) is 11.8 Å². The summed E-state index contributed by atoms with van der Waals surface area (Å²) in [7, 11) is 0. The molecule has 0 aliphatic carbocycles. The van der Waals surface area contributed by atoms with Gasteiger partial charge in [0.15, 0.2) is 0 Å². The highest BCUT2D eigenvalue weighted by Gasteiger charge is 2.31. The van der Waals surface area contributed by atoms with Gasteiger partial charge in [0.1, 0.15) is 5.60 Å². The first-order valence-corrected chi connectivity index (χ1v) is 9.31. The van der Waals surface area contributed by atoms with E-state index in [1.165, 1.54) is 16.6 Å². The lowest BCUT2D eigenvalue weighted by molar-refractivity contribution is 0.0457. The van der Waals surface area contributed by atoms with E-state index < -0.39 is 5.60 Å². The smallest absolute Gasteiger partial charge is 0.407 e. The fourth-order valence-corrected chi connectivity index (χ4v) is 3.95. The molecule has 2 heterocycles. The maximum Gasteiger partial charge on any atom is 0.407 e. The lowest BCUT2D eigenvalue weighted by Crippen LogP contribution is -2.47. The van der Waals surface area contributed by atoms with Crippen LogP contribution < -0.4 is 5.32 Å². The topological polar surface area (TPSA) is 43.3 Å². The van der Waals surface area contributed by atoms with Gasteiger partial charge < -0.3 is 14.6 Å². The van der Waals surface area contributed by atoms with E-state index >= 15 is 0 Å². The third kappa shape index (κ3) is 4.00. The predicted octanol–water partition coefficient (Wildman–Crippen LogP) is 4.75. The summed E-state index contributed by atoms with van der Waals surface area (Å²) in [6.45, 7) is 11.0. The van der Waals surface area contributed by atoms with Gasteiger partial charge in [0, 0.05) is 23.8 Å². The van der Waals surface area contributed by atoms with Crippen molar-refractivity contribution in [2.75, 3.05) is 0 Å². The number of rotatable bonds is 3. The largest absolute Gasteiger partial charge is 0.444 e. The summed E-state index contributed by atoms with van der Waals surface area (Å²) >= 11 is 0. The minimum absolute atomic E-state index is 0.126. The predicted molar refractivity (Wildman–Crippen MR) is 102 cm³/mol. The van der Waals surface area contributed by atoms with Gasteiger partial charge in [0.2, 0.25) is 0 Å². The van der Waals surface area contributed by atoms with Gasteiger partial charge in [-0.3, -0.25) is 0 Å². The standard InChI is InChI=1S/C21H30N2O2/c1-14(2)19(22-20(24)25-21(3,4)5)16-10-11-23-17(13-16)12-15-8-6-7-9-18(15)23/h6-9,12,14,16,19H,10-11,13H2,1-5H3,(H,22,24)/t16-,19-/m0/s1. The highest BCUT2D eigenvalue weighted by Crippen LogP contribution is 2.31. The van der Waals surface area contributed by atoms with Crippen LogP contribution in [-0.4, -0.2) is 22.3 Å². The van der Waals surface area contributed by atoms with Gasteiger partial charge in [0.25, 0.3) is 0 Å². The molecule has 0 spiro atoms. The van der Waals surface area contributed by atoms with Crippen LogP contribution in [0, 0.1) is 11.8 Å². The van der Waals surface area contributed by atoms with Crippen LogP contribution in [0.1, 0.15) is 46.7 Å². The van der Waals surface area contributed by atoms with E-state index in [9.17, 15) is 4.79 Å². The Morgan fingerprint density at radius 3 is 2.68 bits per heavy atom. The summed E-state index contributed by atoms with van der Waals surface area (Å²) in [5.74, 6) is 0.803. The summed E-state index contributed by atoms with van der Waals surface area (Å²) in [6, 6.07) is 11.0. The molecular weight excluding hydrogens is 312 g/mol. The zero-order valence-electron chi connectivity index (χ0n) is 16.0. The summed E-state index contributed by atoms with van der Waals surface area (Å²) in [5, 5.41) is 4.44. The van der Waals surface area contributed by atoms with Gasteiger partial charge in [0.05, 0.1) is 0 Å². The van der Waals surface area contributed by atoms with E-state index in [2.05, 4.69) is 54.1 Å². The molecule has 1 aromatic carbocycles. The molecule has 3 rings (SSSR count). The van der Waals surface area contributed by atoms with Gasteiger partial charge in [-0.15, -0.1) is 0 Å². The Labute approximate surface area is 150 Å². The van der Waals surface area contributed by atoms with Gasteiger partial charge in [-0.25, -0.2) is 4.79 Å². The number of carbonyl (C=O) groups is 1. The number of hydrogen-bond donors (Lipinski definition) is 1. The van der Waals surface area contributed by atoms with Crippen molar-refractivity contribution in [1.29, 1.82) is 0 Å². The zero-order chi connectivity index (χ0) is 18.2. The highest BCUT2D eigenvalue weighted by molar-refractivity contribution is 5.81. The Hall–Kier alpha value is -1.97. The normalized spacial score (nSPS) is 18.9. The number of benzene rings is 1. The van der Waals surface area contributed by atoms with Crippen LogP contribution in [0.15, 0.2) is 30.3 Å². The molecule has 4 nitrogen and oxygen atoms in total. The molecule has 1 aliphatic heterocycles. The van der Waals surface area contributed by atoms with Crippen LogP contribution >= 0.6 is 0 Å². The maximum atomic E-state index is 12.3. The van der Waals surface area contributed by atoms with Gasteiger partial charge in [-0.1, -0.05) is 32.0 Å². The molecule has 0 saturated heterocycles. The number of nitrogens with one attached hydrogen (secondary N) is 1. The van der Waals surface area contributed by atoms with Crippen LogP contribution in [0.4, 0.5) is 4.79 Å². The van der Waals surface area contributed by atoms with Crippen LogP contribution in [0.3, 0.4) is 0 Å². The van der Waals surface area contributed by atoms with E-state index in [4.69, 9.17) is 4.74 Å². The Morgan fingerprint density at radius 1 is 1.28 bits per heavy atom. The lowest BCUT2D eigenvalue weighted by atomic mass is 9.83. The first kappa shape index (κ1) is 17.8. The molecule has 1 aliphatic rings. The number of aryl methyl sites for hydroxylation is 1. The number of nitrogens with zero attached hydrogens (tertiary/aromatic N) is 1. The minimum Gasteiger partial charge on any atom is -0.444 e. The molecule has 136 valence electrons. The molecule has 2 atom stereocenters. The highest BCUT2D eigenvalue weighted by atomic mass is 16.6. The second-order valence-corrected chi connectivity index (χ2v) is 8.52. The number of hydrogen-bond acceptors (Lipinski definition) is 2. The number of fused-ring (bicyclic) bond motifs is 3. The van der Waals surface area contributed by atoms with Crippen LogP contribution in [0.25, 0.3) is 10.9 Å². The van der Waals surface area contributed by atoms with E-state index in [1.807, 2.05) is 20.8 Å². The van der Waals surface area contributed by atoms with Crippen molar-refractivity contribution in [3.05, 3.63) is 36.0 Å². The quantitative estimate of drug-likeness (QED) is 0.874. The molecule has 4 heteroatoms. The first-order chi connectivity index (χ1) is 11.7. The van der Waals surface area contributed by atoms with E-state index in [-0.39, 0.29) is 12.1 Å². The van der Waals surface area contributed by atoms with E-state index in [0.717, 1.165) is 19.4 Å². The number of para-hydroxylation sites is 1. The summed E-state index contributed by atoms with van der Waals surface area (Å²) in [4.78, 5) is 12.3. The maximum absolute atomic E-state index is 12.3. The second kappa shape index (κ2) is 6.74. The summed E-state index contributed by atoms with van der Waals surface area (Å²) in [6.07, 6.45) is 1.76. The molecule has 25 heavy (non-hydrogen) atoms. The van der Waals surface area contributed by atoms with Crippen molar-refractivity contribution >= 4 is 17.0 Å². The Kier molecular flexibility index (Phi) is 4.81. The molecular formula is C21H30N2O2. The van der Waals surface area contributed by atoms with Crippen molar-refractivity contribution < 1.29 is 9.53 Å². The van der Waals surface area contributed by atoms with Crippen LogP contribution in [0.2, 0.25) is 0 Å². The Balaban J connectivity index is 1.76.